The van der Waals surface area contributed by atoms with E-state index in [2.05, 4.69) is 27.8 Å². The van der Waals surface area contributed by atoms with Crippen LogP contribution in [0.5, 0.6) is 0 Å². The minimum atomic E-state index is -0.950. The van der Waals surface area contributed by atoms with Gasteiger partial charge >= 0.3 is 5.97 Å². The molecule has 2 N–H and O–H groups in total. The number of allylic oxidation sites excluding steroid dienone is 1. The van der Waals surface area contributed by atoms with Crippen molar-refractivity contribution in [3.05, 3.63) is 47.0 Å². The highest BCUT2D eigenvalue weighted by Gasteiger charge is 2.17. The summed E-state index contributed by atoms with van der Waals surface area (Å²) in [7, 11) is 0. The van der Waals surface area contributed by atoms with E-state index < -0.39 is 12.0 Å². The molecular formula is C14H16BrNO3. The Balaban J connectivity index is 2.79. The first kappa shape index (κ1) is 15.4. The molecule has 0 fully saturated rings. The Morgan fingerprint density at radius 3 is 2.79 bits per heavy atom. The van der Waals surface area contributed by atoms with Gasteiger partial charge in [0, 0.05) is 10.9 Å². The van der Waals surface area contributed by atoms with Crippen molar-refractivity contribution in [1.82, 2.24) is 5.32 Å². The van der Waals surface area contributed by atoms with E-state index in [9.17, 15) is 9.59 Å². The van der Waals surface area contributed by atoms with Gasteiger partial charge in [-0.1, -0.05) is 34.1 Å². The minimum Gasteiger partial charge on any atom is -0.481 e. The summed E-state index contributed by atoms with van der Waals surface area (Å²) in [6.07, 6.45) is 2.40. The maximum atomic E-state index is 11.7. The lowest BCUT2D eigenvalue weighted by Crippen LogP contribution is -2.29. The standard InChI is InChI=1S/C14H16BrNO3/c1-2-3-7-13(17)16-12(9-14(18)19)10-5-4-6-11(15)8-10/h2,4-6,8,12H,1,3,7,9H2,(H,16,17)(H,18,19)/t12-/m1/s1. The molecule has 1 aromatic rings. The van der Waals surface area contributed by atoms with Crippen LogP contribution in [-0.2, 0) is 9.59 Å². The molecule has 1 amide bonds. The molecule has 0 unspecified atom stereocenters. The van der Waals surface area contributed by atoms with Crippen molar-refractivity contribution >= 4 is 27.8 Å². The number of nitrogens with one attached hydrogen (secondary N) is 1. The van der Waals surface area contributed by atoms with Gasteiger partial charge in [-0.3, -0.25) is 9.59 Å². The van der Waals surface area contributed by atoms with Crippen molar-refractivity contribution in [2.24, 2.45) is 0 Å². The molecule has 5 heteroatoms. The van der Waals surface area contributed by atoms with Gasteiger partial charge in [0.1, 0.15) is 0 Å². The second-order valence-electron chi connectivity index (χ2n) is 4.10. The predicted molar refractivity (Wildman–Crippen MR) is 76.7 cm³/mol. The topological polar surface area (TPSA) is 66.4 Å². The molecule has 1 atom stereocenters. The lowest BCUT2D eigenvalue weighted by Gasteiger charge is -2.17. The van der Waals surface area contributed by atoms with Crippen LogP contribution in [0.15, 0.2) is 41.4 Å². The predicted octanol–water partition coefficient (Wildman–Crippen LogP) is 3.05. The van der Waals surface area contributed by atoms with Gasteiger partial charge in [-0.05, 0) is 24.1 Å². The van der Waals surface area contributed by atoms with E-state index in [-0.39, 0.29) is 12.3 Å². The highest BCUT2D eigenvalue weighted by Crippen LogP contribution is 2.21. The zero-order valence-corrected chi connectivity index (χ0v) is 12.0. The second kappa shape index (κ2) is 7.74. The van der Waals surface area contributed by atoms with Gasteiger partial charge in [0.05, 0.1) is 12.5 Å². The molecule has 4 nitrogen and oxygen atoms in total. The third-order valence-electron chi connectivity index (χ3n) is 2.54. The van der Waals surface area contributed by atoms with Gasteiger partial charge in [-0.25, -0.2) is 0 Å². The summed E-state index contributed by atoms with van der Waals surface area (Å²) < 4.78 is 0.848. The van der Waals surface area contributed by atoms with Gasteiger partial charge in [0.2, 0.25) is 5.91 Å². The Bertz CT molecular complexity index is 474. The highest BCUT2D eigenvalue weighted by atomic mass is 79.9. The average molecular weight is 326 g/mol. The van der Waals surface area contributed by atoms with Crippen LogP contribution in [0.3, 0.4) is 0 Å². The van der Waals surface area contributed by atoms with E-state index in [0.717, 1.165) is 10.0 Å². The molecule has 0 radical (unpaired) electrons. The smallest absolute Gasteiger partial charge is 0.305 e. The number of benzene rings is 1. The van der Waals surface area contributed by atoms with Crippen LogP contribution in [0.4, 0.5) is 0 Å². The molecule has 1 rings (SSSR count). The summed E-state index contributed by atoms with van der Waals surface area (Å²) in [4.78, 5) is 22.6. The van der Waals surface area contributed by atoms with Crippen LogP contribution < -0.4 is 5.32 Å². The molecule has 0 aliphatic rings. The summed E-state index contributed by atoms with van der Waals surface area (Å²) >= 11 is 3.33. The lowest BCUT2D eigenvalue weighted by molar-refractivity contribution is -0.137. The van der Waals surface area contributed by atoms with Crippen molar-refractivity contribution in [3.8, 4) is 0 Å². The van der Waals surface area contributed by atoms with Crippen molar-refractivity contribution in [2.75, 3.05) is 0 Å². The molecule has 19 heavy (non-hydrogen) atoms. The Hall–Kier alpha value is -1.62. The quantitative estimate of drug-likeness (QED) is 0.757. The zero-order valence-electron chi connectivity index (χ0n) is 10.4. The fraction of sp³-hybridized carbons (Fsp3) is 0.286. The number of carbonyl (C=O) groups is 2. The van der Waals surface area contributed by atoms with Crippen molar-refractivity contribution in [3.63, 3.8) is 0 Å². The third-order valence-corrected chi connectivity index (χ3v) is 3.03. The van der Waals surface area contributed by atoms with Crippen molar-refractivity contribution < 1.29 is 14.7 Å². The van der Waals surface area contributed by atoms with Crippen LogP contribution in [0.2, 0.25) is 0 Å². The van der Waals surface area contributed by atoms with Crippen LogP contribution in [-0.4, -0.2) is 17.0 Å². The summed E-state index contributed by atoms with van der Waals surface area (Å²) in [5, 5.41) is 11.7. The van der Waals surface area contributed by atoms with E-state index >= 15 is 0 Å². The third kappa shape index (κ3) is 5.70. The first-order chi connectivity index (χ1) is 9.02. The van der Waals surface area contributed by atoms with Crippen LogP contribution in [0.25, 0.3) is 0 Å². The first-order valence-electron chi connectivity index (χ1n) is 5.90. The summed E-state index contributed by atoms with van der Waals surface area (Å²) in [6.45, 7) is 3.55. The molecule has 0 bridgehead atoms. The van der Waals surface area contributed by atoms with Crippen molar-refractivity contribution in [2.45, 2.75) is 25.3 Å². The van der Waals surface area contributed by atoms with Crippen molar-refractivity contribution in [1.29, 1.82) is 0 Å². The Labute approximate surface area is 120 Å². The number of hydrogen-bond acceptors (Lipinski definition) is 2. The number of halogens is 1. The number of aliphatic carboxylic acids is 1. The Morgan fingerprint density at radius 2 is 2.21 bits per heavy atom. The minimum absolute atomic E-state index is 0.143. The Kier molecular flexibility index (Phi) is 6.29. The fourth-order valence-corrected chi connectivity index (χ4v) is 2.07. The first-order valence-corrected chi connectivity index (χ1v) is 6.69. The van der Waals surface area contributed by atoms with Gasteiger partial charge in [-0.15, -0.1) is 6.58 Å². The zero-order chi connectivity index (χ0) is 14.3. The Morgan fingerprint density at radius 1 is 1.47 bits per heavy atom. The maximum Gasteiger partial charge on any atom is 0.305 e. The summed E-state index contributed by atoms with van der Waals surface area (Å²) in [5.74, 6) is -1.12. The average Bonchev–Trinajstić information content (AvgIpc) is 2.35. The molecule has 102 valence electrons. The lowest BCUT2D eigenvalue weighted by atomic mass is 10.0. The molecule has 0 aliphatic heterocycles. The monoisotopic (exact) mass is 325 g/mol. The molecule has 0 saturated carbocycles. The molecular weight excluding hydrogens is 310 g/mol. The molecule has 0 spiro atoms. The van der Waals surface area contributed by atoms with Gasteiger partial charge in [0.15, 0.2) is 0 Å². The number of hydrogen-bond donors (Lipinski definition) is 2. The number of carboxylic acids is 1. The van der Waals surface area contributed by atoms with Crippen LogP contribution in [0.1, 0.15) is 30.9 Å². The summed E-state index contributed by atoms with van der Waals surface area (Å²) in [6, 6.07) is 6.74. The summed E-state index contributed by atoms with van der Waals surface area (Å²) in [5.41, 5.74) is 0.767. The number of rotatable bonds is 7. The normalized spacial score (nSPS) is 11.6. The number of carboxylic acid groups (broad SMARTS) is 1. The van der Waals surface area contributed by atoms with E-state index in [1.165, 1.54) is 0 Å². The maximum absolute atomic E-state index is 11.7. The van der Waals surface area contributed by atoms with Crippen LogP contribution >= 0.6 is 15.9 Å². The molecule has 0 aliphatic carbocycles. The second-order valence-corrected chi connectivity index (χ2v) is 5.02. The van der Waals surface area contributed by atoms with E-state index in [1.807, 2.05) is 12.1 Å². The molecule has 0 aromatic heterocycles. The fourth-order valence-electron chi connectivity index (χ4n) is 1.65. The van der Waals surface area contributed by atoms with Crippen LogP contribution in [0, 0.1) is 0 Å². The van der Waals surface area contributed by atoms with E-state index in [4.69, 9.17) is 5.11 Å². The van der Waals surface area contributed by atoms with Gasteiger partial charge < -0.3 is 10.4 Å². The number of carbonyl (C=O) groups excluding carboxylic acids is 1. The molecule has 0 saturated heterocycles. The number of amides is 1. The SMILES string of the molecule is C=CCCC(=O)N[C@H](CC(=O)O)c1cccc(Br)c1. The van der Waals surface area contributed by atoms with Gasteiger partial charge in [0.25, 0.3) is 0 Å². The van der Waals surface area contributed by atoms with Gasteiger partial charge in [-0.2, -0.15) is 0 Å². The van der Waals surface area contributed by atoms with E-state index in [1.54, 1.807) is 18.2 Å². The highest BCUT2D eigenvalue weighted by molar-refractivity contribution is 9.10. The molecule has 1 aromatic carbocycles. The molecule has 0 heterocycles. The largest absolute Gasteiger partial charge is 0.481 e. The van der Waals surface area contributed by atoms with E-state index in [0.29, 0.717) is 12.8 Å².